The fourth-order valence-corrected chi connectivity index (χ4v) is 3.94. The van der Waals surface area contributed by atoms with E-state index in [1.807, 2.05) is 25.1 Å². The van der Waals surface area contributed by atoms with E-state index in [1.165, 1.54) is 12.8 Å². The van der Waals surface area contributed by atoms with E-state index in [4.69, 9.17) is 10.2 Å². The van der Waals surface area contributed by atoms with Crippen molar-refractivity contribution in [2.75, 3.05) is 0 Å². The molecule has 1 saturated carbocycles. The number of carbonyl (C=O) groups excluding carboxylic acids is 1. The lowest BCUT2D eigenvalue weighted by molar-refractivity contribution is -0.124. The van der Waals surface area contributed by atoms with Crippen LogP contribution in [-0.2, 0) is 4.79 Å². The molecular formula is C20H29N3O3. The molecule has 1 heterocycles. The molecular weight excluding hydrogens is 330 g/mol. The van der Waals surface area contributed by atoms with E-state index in [-0.39, 0.29) is 17.2 Å². The number of carbonyl (C=O) groups is 1. The first kappa shape index (κ1) is 18.9. The first-order chi connectivity index (χ1) is 12.4. The van der Waals surface area contributed by atoms with E-state index in [0.29, 0.717) is 23.9 Å². The third-order valence-electron chi connectivity index (χ3n) is 5.57. The Labute approximate surface area is 154 Å². The molecule has 26 heavy (non-hydrogen) atoms. The molecule has 1 aromatic carbocycles. The van der Waals surface area contributed by atoms with Crippen molar-refractivity contribution in [3.8, 4) is 0 Å². The lowest BCUT2D eigenvalue weighted by Gasteiger charge is -2.28. The molecule has 0 bridgehead atoms. The van der Waals surface area contributed by atoms with Crippen molar-refractivity contribution in [1.82, 2.24) is 10.3 Å². The molecule has 3 atom stereocenters. The fraction of sp³-hybridized carbons (Fsp3) is 0.600. The normalized spacial score (nSPS) is 20.0. The molecule has 0 saturated heterocycles. The van der Waals surface area contributed by atoms with E-state index < -0.39 is 18.2 Å². The molecule has 6 nitrogen and oxygen atoms in total. The Morgan fingerprint density at radius 3 is 2.73 bits per heavy atom. The van der Waals surface area contributed by atoms with Crippen molar-refractivity contribution in [2.45, 2.75) is 70.6 Å². The second kappa shape index (κ2) is 7.76. The van der Waals surface area contributed by atoms with Crippen LogP contribution in [0.1, 0.15) is 64.4 Å². The molecule has 0 aliphatic heterocycles. The van der Waals surface area contributed by atoms with Gasteiger partial charge in [-0.2, -0.15) is 0 Å². The number of rotatable bonds is 7. The van der Waals surface area contributed by atoms with Crippen LogP contribution >= 0.6 is 0 Å². The molecule has 3 unspecified atom stereocenters. The molecule has 1 fully saturated rings. The minimum Gasteiger partial charge on any atom is -0.438 e. The van der Waals surface area contributed by atoms with Crippen LogP contribution in [0.2, 0.25) is 0 Å². The van der Waals surface area contributed by atoms with Crippen LogP contribution in [0.15, 0.2) is 28.7 Å². The highest BCUT2D eigenvalue weighted by Crippen LogP contribution is 2.41. The first-order valence-corrected chi connectivity index (χ1v) is 9.51. The molecule has 1 aliphatic carbocycles. The summed E-state index contributed by atoms with van der Waals surface area (Å²) in [6, 6.07) is 6.29. The van der Waals surface area contributed by atoms with Gasteiger partial charge in [0.25, 0.3) is 0 Å². The zero-order valence-electron chi connectivity index (χ0n) is 15.6. The van der Waals surface area contributed by atoms with E-state index in [0.717, 1.165) is 12.8 Å². The Hall–Kier alpha value is -1.92. The number of aliphatic hydroxyl groups is 1. The molecule has 1 aliphatic rings. The van der Waals surface area contributed by atoms with Crippen molar-refractivity contribution < 1.29 is 14.3 Å². The first-order valence-electron chi connectivity index (χ1n) is 9.51. The molecule has 1 amide bonds. The van der Waals surface area contributed by atoms with Crippen molar-refractivity contribution in [2.24, 2.45) is 11.1 Å². The van der Waals surface area contributed by atoms with Gasteiger partial charge in [0.05, 0.1) is 12.1 Å². The lowest BCUT2D eigenvalue weighted by atomic mass is 9.82. The Balaban J connectivity index is 1.64. The van der Waals surface area contributed by atoms with Crippen LogP contribution in [-0.4, -0.2) is 28.1 Å². The van der Waals surface area contributed by atoms with E-state index in [2.05, 4.69) is 17.2 Å². The van der Waals surface area contributed by atoms with Crippen LogP contribution in [0.3, 0.4) is 0 Å². The summed E-state index contributed by atoms with van der Waals surface area (Å²) in [5, 5.41) is 13.5. The number of aromatic nitrogens is 1. The number of nitrogens with two attached hydrogens (primary N) is 1. The summed E-state index contributed by atoms with van der Waals surface area (Å²) in [4.78, 5) is 16.9. The molecule has 1 aromatic heterocycles. The Kier molecular flexibility index (Phi) is 5.63. The van der Waals surface area contributed by atoms with Crippen molar-refractivity contribution in [3.05, 3.63) is 30.2 Å². The number of fused-ring (bicyclic) bond motifs is 1. The van der Waals surface area contributed by atoms with Gasteiger partial charge in [0.1, 0.15) is 5.52 Å². The highest BCUT2D eigenvalue weighted by molar-refractivity contribution is 5.82. The minimum atomic E-state index is -1.01. The second-order valence-electron chi connectivity index (χ2n) is 7.82. The zero-order chi connectivity index (χ0) is 18.7. The minimum absolute atomic E-state index is 0.150. The number of oxazole rings is 1. The summed E-state index contributed by atoms with van der Waals surface area (Å²) in [5.41, 5.74) is 7.61. The summed E-state index contributed by atoms with van der Waals surface area (Å²) >= 11 is 0. The predicted molar refractivity (Wildman–Crippen MR) is 100 cm³/mol. The largest absolute Gasteiger partial charge is 0.438 e. The SMILES string of the molecule is CCC(NC(=O)C(N)CC1(C)CCCC1)C(O)c1nc2ccccc2o1. The van der Waals surface area contributed by atoms with Gasteiger partial charge in [-0.25, -0.2) is 4.98 Å². The maximum absolute atomic E-state index is 12.6. The summed E-state index contributed by atoms with van der Waals surface area (Å²) in [7, 11) is 0. The number of benzene rings is 1. The molecule has 6 heteroatoms. The van der Waals surface area contributed by atoms with Gasteiger partial charge in [0.15, 0.2) is 11.7 Å². The number of nitrogens with zero attached hydrogens (tertiary/aromatic N) is 1. The van der Waals surface area contributed by atoms with Gasteiger partial charge >= 0.3 is 0 Å². The number of hydrogen-bond donors (Lipinski definition) is 3. The van der Waals surface area contributed by atoms with Gasteiger partial charge in [0.2, 0.25) is 11.8 Å². The average Bonchev–Trinajstić information content (AvgIpc) is 3.24. The fourth-order valence-electron chi connectivity index (χ4n) is 3.94. The molecule has 0 spiro atoms. The lowest BCUT2D eigenvalue weighted by Crippen LogP contribution is -2.48. The molecule has 3 rings (SSSR count). The number of nitrogens with one attached hydrogen (secondary N) is 1. The summed E-state index contributed by atoms with van der Waals surface area (Å²) in [5.74, 6) is -0.00480. The number of amides is 1. The highest BCUT2D eigenvalue weighted by atomic mass is 16.4. The molecule has 4 N–H and O–H groups in total. The van der Waals surface area contributed by atoms with Gasteiger partial charge in [-0.15, -0.1) is 0 Å². The predicted octanol–water partition coefficient (Wildman–Crippen LogP) is 3.05. The van der Waals surface area contributed by atoms with Crippen molar-refractivity contribution in [1.29, 1.82) is 0 Å². The van der Waals surface area contributed by atoms with Gasteiger partial charge < -0.3 is 20.6 Å². The molecule has 2 aromatic rings. The van der Waals surface area contributed by atoms with E-state index >= 15 is 0 Å². The number of para-hydroxylation sites is 2. The quantitative estimate of drug-likeness (QED) is 0.705. The standard InChI is InChI=1S/C20H29N3O3/c1-3-14(17(24)19-23-15-8-4-5-9-16(15)26-19)22-18(25)13(21)12-20(2)10-6-7-11-20/h4-5,8-9,13-14,17,24H,3,6-7,10-12,21H2,1-2H3,(H,22,25). The number of aliphatic hydroxyl groups excluding tert-OH is 1. The summed E-state index contributed by atoms with van der Waals surface area (Å²) in [6.45, 7) is 4.11. The number of hydrogen-bond acceptors (Lipinski definition) is 5. The Morgan fingerprint density at radius 1 is 1.38 bits per heavy atom. The van der Waals surface area contributed by atoms with Crippen molar-refractivity contribution >= 4 is 17.0 Å². The van der Waals surface area contributed by atoms with Gasteiger partial charge in [-0.3, -0.25) is 4.79 Å². The van der Waals surface area contributed by atoms with Crippen LogP contribution in [0.25, 0.3) is 11.1 Å². The van der Waals surface area contributed by atoms with Crippen molar-refractivity contribution in [3.63, 3.8) is 0 Å². The average molecular weight is 359 g/mol. The van der Waals surface area contributed by atoms with Crippen LogP contribution in [0, 0.1) is 5.41 Å². The topological polar surface area (TPSA) is 101 Å². The van der Waals surface area contributed by atoms with Gasteiger partial charge in [-0.1, -0.05) is 38.8 Å². The van der Waals surface area contributed by atoms with Crippen LogP contribution in [0.4, 0.5) is 0 Å². The summed E-state index contributed by atoms with van der Waals surface area (Å²) < 4.78 is 5.63. The maximum Gasteiger partial charge on any atom is 0.237 e. The molecule has 142 valence electrons. The smallest absolute Gasteiger partial charge is 0.237 e. The van der Waals surface area contributed by atoms with E-state index in [9.17, 15) is 9.90 Å². The third-order valence-corrected chi connectivity index (χ3v) is 5.57. The molecule has 0 radical (unpaired) electrons. The summed E-state index contributed by atoms with van der Waals surface area (Å²) in [6.07, 6.45) is 4.88. The second-order valence-corrected chi connectivity index (χ2v) is 7.82. The maximum atomic E-state index is 12.6. The zero-order valence-corrected chi connectivity index (χ0v) is 15.6. The Morgan fingerprint density at radius 2 is 2.08 bits per heavy atom. The van der Waals surface area contributed by atoms with E-state index in [1.54, 1.807) is 6.07 Å². The van der Waals surface area contributed by atoms with Crippen LogP contribution in [0.5, 0.6) is 0 Å². The van der Waals surface area contributed by atoms with Gasteiger partial charge in [-0.05, 0) is 43.2 Å². The van der Waals surface area contributed by atoms with Crippen LogP contribution < -0.4 is 11.1 Å². The monoisotopic (exact) mass is 359 g/mol. The Bertz CT molecular complexity index is 719. The van der Waals surface area contributed by atoms with Gasteiger partial charge in [0, 0.05) is 0 Å². The third kappa shape index (κ3) is 4.07. The highest BCUT2D eigenvalue weighted by Gasteiger charge is 2.34.